The highest BCUT2D eigenvalue weighted by atomic mass is 35.5. The molecule has 4 heteroatoms. The average Bonchev–Trinajstić information content (AvgIpc) is 2.59. The van der Waals surface area contributed by atoms with Crippen molar-refractivity contribution in [3.63, 3.8) is 0 Å². The quantitative estimate of drug-likeness (QED) is 0.707. The monoisotopic (exact) mass is 267 g/mol. The van der Waals surface area contributed by atoms with Gasteiger partial charge >= 0.3 is 0 Å². The van der Waals surface area contributed by atoms with Crippen LogP contribution in [-0.2, 0) is 0 Å². The standard InChI is InChI=1S/C13H11Cl2NO/c1-8-5-10(9(2)17-8)7-16-11-3-4-12(14)13(15)6-11/h3-7H,1-2H3. The molecule has 0 amide bonds. The van der Waals surface area contributed by atoms with Gasteiger partial charge in [0.25, 0.3) is 0 Å². The van der Waals surface area contributed by atoms with Crippen molar-refractivity contribution in [1.82, 2.24) is 0 Å². The van der Waals surface area contributed by atoms with Crippen LogP contribution < -0.4 is 0 Å². The Hall–Kier alpha value is -1.25. The molecule has 0 aliphatic carbocycles. The first-order chi connectivity index (χ1) is 8.06. The molecule has 17 heavy (non-hydrogen) atoms. The Morgan fingerprint density at radius 2 is 1.88 bits per heavy atom. The SMILES string of the molecule is Cc1cc(C=Nc2ccc(Cl)c(Cl)c2)c(C)o1. The van der Waals surface area contributed by atoms with E-state index in [9.17, 15) is 0 Å². The Kier molecular flexibility index (Phi) is 3.55. The van der Waals surface area contributed by atoms with Gasteiger partial charge in [0.05, 0.1) is 15.7 Å². The number of rotatable bonds is 2. The molecule has 2 nitrogen and oxygen atoms in total. The zero-order valence-corrected chi connectivity index (χ0v) is 11.0. The van der Waals surface area contributed by atoms with Crippen molar-refractivity contribution in [2.45, 2.75) is 13.8 Å². The first-order valence-corrected chi connectivity index (χ1v) is 5.88. The zero-order valence-electron chi connectivity index (χ0n) is 9.50. The maximum Gasteiger partial charge on any atom is 0.109 e. The number of aryl methyl sites for hydroxylation is 2. The van der Waals surface area contributed by atoms with Gasteiger partial charge in [-0.1, -0.05) is 23.2 Å². The van der Waals surface area contributed by atoms with E-state index in [0.29, 0.717) is 10.0 Å². The summed E-state index contributed by atoms with van der Waals surface area (Å²) in [6.45, 7) is 3.81. The van der Waals surface area contributed by atoms with Gasteiger partial charge in [0.15, 0.2) is 0 Å². The number of nitrogens with zero attached hydrogens (tertiary/aromatic N) is 1. The van der Waals surface area contributed by atoms with E-state index in [4.69, 9.17) is 27.6 Å². The minimum Gasteiger partial charge on any atom is -0.466 e. The first kappa shape index (κ1) is 12.2. The smallest absolute Gasteiger partial charge is 0.109 e. The highest BCUT2D eigenvalue weighted by Crippen LogP contribution is 2.26. The summed E-state index contributed by atoms with van der Waals surface area (Å²) in [5, 5.41) is 1.03. The van der Waals surface area contributed by atoms with Gasteiger partial charge in [-0.15, -0.1) is 0 Å². The normalized spacial score (nSPS) is 11.3. The molecule has 0 aliphatic heterocycles. The lowest BCUT2D eigenvalue weighted by Gasteiger charge is -1.96. The molecule has 0 bridgehead atoms. The fourth-order valence-corrected chi connectivity index (χ4v) is 1.78. The van der Waals surface area contributed by atoms with Crippen molar-refractivity contribution < 1.29 is 4.42 Å². The number of benzene rings is 1. The molecule has 0 radical (unpaired) electrons. The minimum absolute atomic E-state index is 0.501. The van der Waals surface area contributed by atoms with Crippen LogP contribution in [0.1, 0.15) is 17.1 Å². The van der Waals surface area contributed by atoms with E-state index < -0.39 is 0 Å². The van der Waals surface area contributed by atoms with Gasteiger partial charge in [-0.25, -0.2) is 0 Å². The summed E-state index contributed by atoms with van der Waals surface area (Å²) in [7, 11) is 0. The molecule has 0 N–H and O–H groups in total. The molecule has 0 saturated carbocycles. The highest BCUT2D eigenvalue weighted by Gasteiger charge is 2.02. The lowest BCUT2D eigenvalue weighted by molar-refractivity contribution is 0.504. The minimum atomic E-state index is 0.501. The molecule has 1 heterocycles. The second kappa shape index (κ2) is 4.94. The summed E-state index contributed by atoms with van der Waals surface area (Å²) >= 11 is 11.7. The summed E-state index contributed by atoms with van der Waals surface area (Å²) in [6.07, 6.45) is 1.76. The Balaban J connectivity index is 2.26. The third kappa shape index (κ3) is 2.90. The number of hydrogen-bond acceptors (Lipinski definition) is 2. The summed E-state index contributed by atoms with van der Waals surface area (Å²) < 4.78 is 5.41. The van der Waals surface area contributed by atoms with E-state index in [1.165, 1.54) is 0 Å². The molecule has 0 spiro atoms. The third-order valence-electron chi connectivity index (χ3n) is 2.34. The average molecular weight is 268 g/mol. The first-order valence-electron chi connectivity index (χ1n) is 5.12. The lowest BCUT2D eigenvalue weighted by atomic mass is 10.2. The van der Waals surface area contributed by atoms with Crippen LogP contribution >= 0.6 is 23.2 Å². The van der Waals surface area contributed by atoms with E-state index in [1.807, 2.05) is 26.0 Å². The molecule has 88 valence electrons. The van der Waals surface area contributed by atoms with E-state index >= 15 is 0 Å². The van der Waals surface area contributed by atoms with Crippen molar-refractivity contribution in [3.8, 4) is 0 Å². The highest BCUT2D eigenvalue weighted by molar-refractivity contribution is 6.42. The summed E-state index contributed by atoms with van der Waals surface area (Å²) in [6, 6.07) is 7.20. The lowest BCUT2D eigenvalue weighted by Crippen LogP contribution is -1.79. The molecular weight excluding hydrogens is 257 g/mol. The molecule has 0 atom stereocenters. The maximum absolute atomic E-state index is 5.91. The van der Waals surface area contributed by atoms with Gasteiger partial charge in [-0.2, -0.15) is 0 Å². The van der Waals surface area contributed by atoms with Gasteiger partial charge in [0, 0.05) is 11.8 Å². The van der Waals surface area contributed by atoms with Crippen molar-refractivity contribution in [2.75, 3.05) is 0 Å². The van der Waals surface area contributed by atoms with Gasteiger partial charge in [-0.05, 0) is 38.1 Å². The van der Waals surface area contributed by atoms with Crippen LogP contribution in [0.25, 0.3) is 0 Å². The Morgan fingerprint density at radius 1 is 1.12 bits per heavy atom. The van der Waals surface area contributed by atoms with Gasteiger partial charge < -0.3 is 4.42 Å². The predicted octanol–water partition coefficient (Wildman–Crippen LogP) is 4.95. The van der Waals surface area contributed by atoms with Gasteiger partial charge in [0.1, 0.15) is 11.5 Å². The van der Waals surface area contributed by atoms with E-state index in [0.717, 1.165) is 22.8 Å². The molecule has 1 aromatic heterocycles. The van der Waals surface area contributed by atoms with Crippen LogP contribution in [0.15, 0.2) is 33.7 Å². The molecule has 1 aromatic carbocycles. The second-order valence-electron chi connectivity index (χ2n) is 3.73. The van der Waals surface area contributed by atoms with Gasteiger partial charge in [0.2, 0.25) is 0 Å². The molecule has 0 fully saturated rings. The van der Waals surface area contributed by atoms with E-state index in [2.05, 4.69) is 4.99 Å². The second-order valence-corrected chi connectivity index (χ2v) is 4.54. The van der Waals surface area contributed by atoms with Crippen molar-refractivity contribution in [1.29, 1.82) is 0 Å². The Morgan fingerprint density at radius 3 is 2.47 bits per heavy atom. The van der Waals surface area contributed by atoms with Crippen LogP contribution in [0, 0.1) is 13.8 Å². The molecule has 0 unspecified atom stereocenters. The predicted molar refractivity (Wildman–Crippen MR) is 71.9 cm³/mol. The topological polar surface area (TPSA) is 25.5 Å². The van der Waals surface area contributed by atoms with Crippen LogP contribution in [0.2, 0.25) is 10.0 Å². The zero-order chi connectivity index (χ0) is 12.4. The maximum atomic E-state index is 5.91. The molecule has 2 rings (SSSR count). The van der Waals surface area contributed by atoms with Gasteiger partial charge in [-0.3, -0.25) is 4.99 Å². The van der Waals surface area contributed by atoms with Crippen LogP contribution in [0.4, 0.5) is 5.69 Å². The fraction of sp³-hybridized carbons (Fsp3) is 0.154. The molecule has 2 aromatic rings. The van der Waals surface area contributed by atoms with Crippen molar-refractivity contribution >= 4 is 35.1 Å². The van der Waals surface area contributed by atoms with Crippen LogP contribution in [0.5, 0.6) is 0 Å². The third-order valence-corrected chi connectivity index (χ3v) is 3.07. The fourth-order valence-electron chi connectivity index (χ4n) is 1.49. The summed E-state index contributed by atoms with van der Waals surface area (Å²) in [4.78, 5) is 4.32. The largest absolute Gasteiger partial charge is 0.466 e. The number of hydrogen-bond donors (Lipinski definition) is 0. The van der Waals surface area contributed by atoms with E-state index in [-0.39, 0.29) is 0 Å². The summed E-state index contributed by atoms with van der Waals surface area (Å²) in [5.41, 5.74) is 1.73. The number of furan rings is 1. The van der Waals surface area contributed by atoms with Crippen LogP contribution in [-0.4, -0.2) is 6.21 Å². The molecule has 0 saturated heterocycles. The molecular formula is C13H11Cl2NO. The Bertz CT molecular complexity index is 573. The number of aliphatic imine (C=N–C) groups is 1. The van der Waals surface area contributed by atoms with Crippen molar-refractivity contribution in [3.05, 3.63) is 51.4 Å². The van der Waals surface area contributed by atoms with Crippen molar-refractivity contribution in [2.24, 2.45) is 4.99 Å². The van der Waals surface area contributed by atoms with E-state index in [1.54, 1.807) is 18.3 Å². The Labute approximate surface area is 110 Å². The summed E-state index contributed by atoms with van der Waals surface area (Å²) in [5.74, 6) is 1.73. The molecule has 0 aliphatic rings. The number of halogens is 2. The van der Waals surface area contributed by atoms with Crippen LogP contribution in [0.3, 0.4) is 0 Å².